The number of amides is 1. The van der Waals surface area contributed by atoms with Gasteiger partial charge in [-0.2, -0.15) is 4.99 Å². The molecule has 3 aromatic rings. The van der Waals surface area contributed by atoms with Gasteiger partial charge in [0, 0.05) is 25.3 Å². The molecule has 0 spiro atoms. The van der Waals surface area contributed by atoms with Crippen LogP contribution in [0.2, 0.25) is 0 Å². The molecule has 0 saturated carbocycles. The summed E-state index contributed by atoms with van der Waals surface area (Å²) in [6.45, 7) is 0. The van der Waals surface area contributed by atoms with Crippen molar-refractivity contribution in [3.05, 3.63) is 59.0 Å². The van der Waals surface area contributed by atoms with E-state index in [-0.39, 0.29) is 11.7 Å². The van der Waals surface area contributed by atoms with Crippen LogP contribution in [0.3, 0.4) is 0 Å². The molecule has 2 aromatic carbocycles. The van der Waals surface area contributed by atoms with E-state index in [0.717, 1.165) is 16.8 Å². The molecule has 1 aromatic heterocycles. The van der Waals surface area contributed by atoms with Gasteiger partial charge in [-0.3, -0.25) is 4.79 Å². The zero-order valence-electron chi connectivity index (χ0n) is 15.7. The number of carbonyl (C=O) groups is 1. The number of hydrogen-bond acceptors (Lipinski definition) is 8. The van der Waals surface area contributed by atoms with Crippen LogP contribution < -0.4 is 10.2 Å². The van der Waals surface area contributed by atoms with Crippen molar-refractivity contribution in [1.29, 1.82) is 0 Å². The lowest BCUT2D eigenvalue weighted by molar-refractivity contribution is -0.115. The number of aliphatic imine (C=N–C) groups is 1. The molecular formula is C20H17N5O2S2. The molecule has 9 heteroatoms. The average molecular weight is 424 g/mol. The summed E-state index contributed by atoms with van der Waals surface area (Å²) in [5, 5.41) is 22.0. The number of anilines is 1. The molecule has 1 amide bonds. The topological polar surface area (TPSA) is 90.7 Å². The van der Waals surface area contributed by atoms with Gasteiger partial charge >= 0.3 is 0 Å². The molecule has 1 aliphatic rings. The molecular weight excluding hydrogens is 406 g/mol. The zero-order chi connectivity index (χ0) is 20.4. The number of benzene rings is 2. The molecule has 1 saturated heterocycles. The molecule has 7 nitrogen and oxygen atoms in total. The van der Waals surface area contributed by atoms with Crippen molar-refractivity contribution < 1.29 is 9.90 Å². The highest BCUT2D eigenvalue weighted by atomic mass is 32.2. The van der Waals surface area contributed by atoms with Crippen LogP contribution in [0, 0.1) is 0 Å². The maximum atomic E-state index is 12.3. The molecule has 0 atom stereocenters. The van der Waals surface area contributed by atoms with Crippen LogP contribution in [0.25, 0.3) is 16.6 Å². The minimum atomic E-state index is -0.186. The van der Waals surface area contributed by atoms with Gasteiger partial charge in [0.2, 0.25) is 5.13 Å². The molecule has 29 heavy (non-hydrogen) atoms. The van der Waals surface area contributed by atoms with Gasteiger partial charge in [-0.25, -0.2) is 0 Å². The first-order valence-electron chi connectivity index (χ1n) is 8.68. The van der Waals surface area contributed by atoms with Crippen molar-refractivity contribution in [1.82, 2.24) is 15.5 Å². The van der Waals surface area contributed by atoms with Crippen molar-refractivity contribution in [2.75, 3.05) is 19.0 Å². The van der Waals surface area contributed by atoms with Crippen LogP contribution in [0.5, 0.6) is 5.75 Å². The van der Waals surface area contributed by atoms with Gasteiger partial charge in [0.15, 0.2) is 5.17 Å². The summed E-state index contributed by atoms with van der Waals surface area (Å²) in [4.78, 5) is 19.3. The van der Waals surface area contributed by atoms with Crippen molar-refractivity contribution in [2.45, 2.75) is 0 Å². The fraction of sp³-hybridized carbons (Fsp3) is 0.100. The van der Waals surface area contributed by atoms with E-state index in [4.69, 9.17) is 0 Å². The molecule has 1 aliphatic heterocycles. The fourth-order valence-electron chi connectivity index (χ4n) is 2.57. The molecule has 0 unspecified atom stereocenters. The van der Waals surface area contributed by atoms with Gasteiger partial charge in [-0.05, 0) is 59.8 Å². The first-order chi connectivity index (χ1) is 14.0. The number of nitrogens with one attached hydrogen (secondary N) is 1. The van der Waals surface area contributed by atoms with Crippen LogP contribution in [0.4, 0.5) is 10.8 Å². The number of phenolic OH excluding ortho intramolecular Hbond substituents is 1. The smallest absolute Gasteiger partial charge is 0.264 e. The highest BCUT2D eigenvalue weighted by molar-refractivity contribution is 8.18. The van der Waals surface area contributed by atoms with Crippen LogP contribution >= 0.6 is 23.1 Å². The predicted octanol–water partition coefficient (Wildman–Crippen LogP) is 3.87. The second-order valence-electron chi connectivity index (χ2n) is 6.40. The standard InChI is InChI=1S/C20H17N5O2S2/c1-25(2)14-7-3-12(4-8-14)11-16-17(27)21-19(28-16)22-20-24-23-18(29-20)13-5-9-15(26)10-6-13/h3-11,26H,1-2H3,(H,21,22,24,27)/b16-11-. The van der Waals surface area contributed by atoms with E-state index in [9.17, 15) is 9.90 Å². The summed E-state index contributed by atoms with van der Waals surface area (Å²) in [5.41, 5.74) is 2.88. The average Bonchev–Trinajstić information content (AvgIpc) is 3.30. The van der Waals surface area contributed by atoms with Gasteiger partial charge in [-0.15, -0.1) is 10.2 Å². The highest BCUT2D eigenvalue weighted by Crippen LogP contribution is 2.32. The van der Waals surface area contributed by atoms with Crippen molar-refractivity contribution in [2.24, 2.45) is 4.99 Å². The van der Waals surface area contributed by atoms with E-state index < -0.39 is 0 Å². The Kier molecular flexibility index (Phi) is 5.32. The van der Waals surface area contributed by atoms with Gasteiger partial charge in [0.1, 0.15) is 10.8 Å². The lowest BCUT2D eigenvalue weighted by atomic mass is 10.2. The number of nitrogens with zero attached hydrogens (tertiary/aromatic N) is 4. The summed E-state index contributed by atoms with van der Waals surface area (Å²) in [6.07, 6.45) is 1.84. The summed E-state index contributed by atoms with van der Waals surface area (Å²) in [6, 6.07) is 14.7. The van der Waals surface area contributed by atoms with Gasteiger partial charge in [0.25, 0.3) is 5.91 Å². The van der Waals surface area contributed by atoms with E-state index in [0.29, 0.717) is 20.2 Å². The number of phenols is 1. The Hall–Kier alpha value is -3.17. The molecule has 146 valence electrons. The van der Waals surface area contributed by atoms with E-state index in [1.165, 1.54) is 23.1 Å². The van der Waals surface area contributed by atoms with Crippen LogP contribution in [0.1, 0.15) is 5.56 Å². The van der Waals surface area contributed by atoms with Crippen molar-refractivity contribution in [3.63, 3.8) is 0 Å². The lowest BCUT2D eigenvalue weighted by Crippen LogP contribution is -2.19. The summed E-state index contributed by atoms with van der Waals surface area (Å²) in [7, 11) is 3.97. The second kappa shape index (κ2) is 8.06. The van der Waals surface area contributed by atoms with E-state index in [1.807, 2.05) is 49.3 Å². The lowest BCUT2D eigenvalue weighted by Gasteiger charge is -2.11. The van der Waals surface area contributed by atoms with E-state index >= 15 is 0 Å². The summed E-state index contributed by atoms with van der Waals surface area (Å²) < 4.78 is 0. The number of hydrogen-bond donors (Lipinski definition) is 2. The Balaban J connectivity index is 1.50. The zero-order valence-corrected chi connectivity index (χ0v) is 17.3. The van der Waals surface area contributed by atoms with Crippen LogP contribution in [-0.4, -0.2) is 40.5 Å². The summed E-state index contributed by atoms with van der Waals surface area (Å²) in [5.74, 6) is 0.00757. The Morgan fingerprint density at radius 1 is 1.07 bits per heavy atom. The first kappa shape index (κ1) is 19.2. The molecule has 2 heterocycles. The quantitative estimate of drug-likeness (QED) is 0.619. The van der Waals surface area contributed by atoms with Gasteiger partial charge in [0.05, 0.1) is 4.91 Å². The molecule has 1 fully saturated rings. The SMILES string of the molecule is CN(C)c1ccc(/C=C2\S/C(=N/c3nnc(-c4ccc(O)cc4)s3)NC2=O)cc1. The Morgan fingerprint density at radius 3 is 2.48 bits per heavy atom. The van der Waals surface area contributed by atoms with Gasteiger partial charge in [-0.1, -0.05) is 23.5 Å². The third kappa shape index (κ3) is 4.47. The monoisotopic (exact) mass is 423 g/mol. The minimum absolute atomic E-state index is 0.186. The maximum Gasteiger partial charge on any atom is 0.264 e. The van der Waals surface area contributed by atoms with Crippen molar-refractivity contribution in [3.8, 4) is 16.3 Å². The fourth-order valence-corrected chi connectivity index (χ4v) is 4.18. The maximum absolute atomic E-state index is 12.3. The number of aromatic nitrogens is 2. The number of carbonyl (C=O) groups excluding carboxylic acids is 1. The second-order valence-corrected chi connectivity index (χ2v) is 8.39. The van der Waals surface area contributed by atoms with Crippen LogP contribution in [-0.2, 0) is 4.79 Å². The highest BCUT2D eigenvalue weighted by Gasteiger charge is 2.24. The first-order valence-corrected chi connectivity index (χ1v) is 10.3. The van der Waals surface area contributed by atoms with E-state index in [1.54, 1.807) is 24.3 Å². The minimum Gasteiger partial charge on any atom is -0.508 e. The number of aromatic hydroxyl groups is 1. The third-order valence-electron chi connectivity index (χ3n) is 4.08. The largest absolute Gasteiger partial charge is 0.508 e. The van der Waals surface area contributed by atoms with Crippen LogP contribution in [0.15, 0.2) is 58.4 Å². The Labute approximate surface area is 175 Å². The number of thioether (sulfide) groups is 1. The predicted molar refractivity (Wildman–Crippen MR) is 119 cm³/mol. The van der Waals surface area contributed by atoms with Gasteiger partial charge < -0.3 is 15.3 Å². The Morgan fingerprint density at radius 2 is 1.79 bits per heavy atom. The molecule has 2 N–H and O–H groups in total. The van der Waals surface area contributed by atoms with Crippen molar-refractivity contribution >= 4 is 51.1 Å². The molecule has 0 aliphatic carbocycles. The van der Waals surface area contributed by atoms with E-state index in [2.05, 4.69) is 20.5 Å². The normalized spacial score (nSPS) is 16.4. The number of amidine groups is 1. The summed E-state index contributed by atoms with van der Waals surface area (Å²) >= 11 is 2.58. The Bertz CT molecular complexity index is 1100. The molecule has 0 radical (unpaired) electrons. The third-order valence-corrected chi connectivity index (χ3v) is 5.86. The molecule has 4 rings (SSSR count). The molecule has 0 bridgehead atoms. The number of rotatable bonds is 4.